The van der Waals surface area contributed by atoms with Crippen LogP contribution < -0.4 is 14.2 Å². The Morgan fingerprint density at radius 3 is 2.84 bits per heavy atom. The standard InChI is InChI=1S/C19H15N3O3/c1-11-3-4-14-15(5-11)22-19(21-14)13(9-20)6-12-7-17-18(25-10-24-17)8-16(12)23-2/h3-8H,10H2,1-2H3,(H,21,22)/b13-6-. The topological polar surface area (TPSA) is 80.2 Å². The van der Waals surface area contributed by atoms with Gasteiger partial charge in [0.1, 0.15) is 17.6 Å². The van der Waals surface area contributed by atoms with E-state index in [1.165, 1.54) is 0 Å². The molecule has 0 saturated carbocycles. The van der Waals surface area contributed by atoms with Gasteiger partial charge in [0.05, 0.1) is 23.7 Å². The largest absolute Gasteiger partial charge is 0.496 e. The Morgan fingerprint density at radius 1 is 1.28 bits per heavy atom. The van der Waals surface area contributed by atoms with E-state index in [2.05, 4.69) is 16.0 Å². The Bertz CT molecular complexity index is 1040. The van der Waals surface area contributed by atoms with Crippen molar-refractivity contribution in [1.82, 2.24) is 9.97 Å². The summed E-state index contributed by atoms with van der Waals surface area (Å²) >= 11 is 0. The second kappa shape index (κ2) is 5.87. The Labute approximate surface area is 144 Å². The Morgan fingerprint density at radius 2 is 2.08 bits per heavy atom. The van der Waals surface area contributed by atoms with Crippen molar-refractivity contribution in [3.05, 3.63) is 47.3 Å². The van der Waals surface area contributed by atoms with Crippen LogP contribution in [0.1, 0.15) is 17.0 Å². The van der Waals surface area contributed by atoms with E-state index in [-0.39, 0.29) is 6.79 Å². The lowest BCUT2D eigenvalue weighted by molar-refractivity contribution is 0.174. The normalized spacial score (nSPS) is 13.1. The third-order valence-corrected chi connectivity index (χ3v) is 4.04. The van der Waals surface area contributed by atoms with Crippen LogP contribution in [0.15, 0.2) is 30.3 Å². The van der Waals surface area contributed by atoms with Gasteiger partial charge in [-0.1, -0.05) is 6.07 Å². The zero-order chi connectivity index (χ0) is 17.4. The average Bonchev–Trinajstić information content (AvgIpc) is 3.24. The molecule has 124 valence electrons. The predicted octanol–water partition coefficient (Wildman–Crippen LogP) is 3.67. The molecule has 0 saturated heterocycles. The third-order valence-electron chi connectivity index (χ3n) is 4.04. The van der Waals surface area contributed by atoms with Crippen LogP contribution in [0.2, 0.25) is 0 Å². The van der Waals surface area contributed by atoms with Crippen molar-refractivity contribution in [1.29, 1.82) is 5.26 Å². The smallest absolute Gasteiger partial charge is 0.231 e. The van der Waals surface area contributed by atoms with Crippen molar-refractivity contribution >= 4 is 22.7 Å². The number of nitrogens with one attached hydrogen (secondary N) is 1. The zero-order valence-electron chi connectivity index (χ0n) is 13.8. The van der Waals surface area contributed by atoms with Crippen molar-refractivity contribution in [2.24, 2.45) is 0 Å². The SMILES string of the molecule is COc1cc2c(cc1/C=C(/C#N)c1nc3ccc(C)cc3[nH]1)OCO2. The number of benzene rings is 2. The van der Waals surface area contributed by atoms with E-state index in [1.807, 2.05) is 25.1 Å². The highest BCUT2D eigenvalue weighted by molar-refractivity contribution is 5.91. The van der Waals surface area contributed by atoms with Crippen LogP contribution in [0.25, 0.3) is 22.7 Å². The minimum absolute atomic E-state index is 0.180. The van der Waals surface area contributed by atoms with Crippen molar-refractivity contribution in [3.8, 4) is 23.3 Å². The molecule has 25 heavy (non-hydrogen) atoms. The van der Waals surface area contributed by atoms with Gasteiger partial charge in [0.15, 0.2) is 11.5 Å². The second-order valence-electron chi connectivity index (χ2n) is 5.72. The van der Waals surface area contributed by atoms with Gasteiger partial charge in [0.2, 0.25) is 6.79 Å². The minimum Gasteiger partial charge on any atom is -0.496 e. The molecule has 3 aromatic rings. The molecule has 0 amide bonds. The lowest BCUT2D eigenvalue weighted by Gasteiger charge is -2.07. The van der Waals surface area contributed by atoms with Gasteiger partial charge in [-0.05, 0) is 36.8 Å². The highest BCUT2D eigenvalue weighted by atomic mass is 16.7. The molecule has 0 atom stereocenters. The fourth-order valence-corrected chi connectivity index (χ4v) is 2.79. The molecule has 0 fully saturated rings. The van der Waals surface area contributed by atoms with Crippen LogP contribution in [0.4, 0.5) is 0 Å². The maximum Gasteiger partial charge on any atom is 0.231 e. The molecular weight excluding hydrogens is 318 g/mol. The number of hydrogen-bond acceptors (Lipinski definition) is 5. The van der Waals surface area contributed by atoms with Gasteiger partial charge in [0.25, 0.3) is 0 Å². The average molecular weight is 333 g/mol. The van der Waals surface area contributed by atoms with Gasteiger partial charge in [-0.25, -0.2) is 4.98 Å². The molecule has 1 N–H and O–H groups in total. The lowest BCUT2D eigenvalue weighted by atomic mass is 10.1. The first-order valence-corrected chi connectivity index (χ1v) is 7.74. The number of nitrogens with zero attached hydrogens (tertiary/aromatic N) is 2. The molecule has 6 heteroatoms. The van der Waals surface area contributed by atoms with Crippen LogP contribution in [-0.2, 0) is 0 Å². The number of aryl methyl sites for hydroxylation is 1. The first kappa shape index (κ1) is 15.1. The molecule has 0 unspecified atom stereocenters. The molecule has 0 radical (unpaired) electrons. The number of fused-ring (bicyclic) bond motifs is 2. The predicted molar refractivity (Wildman–Crippen MR) is 93.4 cm³/mol. The lowest BCUT2D eigenvalue weighted by Crippen LogP contribution is -1.92. The van der Waals surface area contributed by atoms with Crippen molar-refractivity contribution < 1.29 is 14.2 Å². The summed E-state index contributed by atoms with van der Waals surface area (Å²) < 4.78 is 16.2. The first-order chi connectivity index (χ1) is 12.2. The van der Waals surface area contributed by atoms with Crippen LogP contribution in [0, 0.1) is 18.3 Å². The molecule has 4 rings (SSSR count). The molecule has 2 heterocycles. The van der Waals surface area contributed by atoms with E-state index in [9.17, 15) is 5.26 Å². The number of aromatic amines is 1. The van der Waals surface area contributed by atoms with Crippen LogP contribution >= 0.6 is 0 Å². The summed E-state index contributed by atoms with van der Waals surface area (Å²) in [5.74, 6) is 2.38. The fraction of sp³-hybridized carbons (Fsp3) is 0.158. The third kappa shape index (κ3) is 2.66. The molecule has 0 aliphatic carbocycles. The van der Waals surface area contributed by atoms with Crippen molar-refractivity contribution in [2.75, 3.05) is 13.9 Å². The second-order valence-corrected chi connectivity index (χ2v) is 5.72. The number of H-pyrrole nitrogens is 1. The van der Waals surface area contributed by atoms with Gasteiger partial charge in [-0.3, -0.25) is 0 Å². The quantitative estimate of drug-likeness (QED) is 0.740. The highest BCUT2D eigenvalue weighted by Crippen LogP contribution is 2.39. The van der Waals surface area contributed by atoms with Crippen LogP contribution in [0.3, 0.4) is 0 Å². The van der Waals surface area contributed by atoms with E-state index in [4.69, 9.17) is 14.2 Å². The fourth-order valence-electron chi connectivity index (χ4n) is 2.79. The Balaban J connectivity index is 1.81. The van der Waals surface area contributed by atoms with E-state index in [0.717, 1.165) is 22.2 Å². The maximum absolute atomic E-state index is 9.60. The number of methoxy groups -OCH3 is 1. The number of hydrogen-bond donors (Lipinski definition) is 1. The van der Waals surface area contributed by atoms with E-state index in [0.29, 0.717) is 28.6 Å². The number of imidazole rings is 1. The van der Waals surface area contributed by atoms with Crippen molar-refractivity contribution in [3.63, 3.8) is 0 Å². The molecule has 0 spiro atoms. The Kier molecular flexibility index (Phi) is 3.55. The summed E-state index contributed by atoms with van der Waals surface area (Å²) in [5.41, 5.74) is 3.97. The molecular formula is C19H15N3O3. The molecule has 1 aliphatic rings. The number of nitriles is 1. The van der Waals surface area contributed by atoms with Gasteiger partial charge >= 0.3 is 0 Å². The zero-order valence-corrected chi connectivity index (χ0v) is 13.8. The number of allylic oxidation sites excluding steroid dienone is 1. The van der Waals surface area contributed by atoms with Crippen LogP contribution in [-0.4, -0.2) is 23.9 Å². The number of rotatable bonds is 3. The van der Waals surface area contributed by atoms with Gasteiger partial charge < -0.3 is 19.2 Å². The monoisotopic (exact) mass is 333 g/mol. The maximum atomic E-state index is 9.60. The van der Waals surface area contributed by atoms with E-state index in [1.54, 1.807) is 25.3 Å². The summed E-state index contributed by atoms with van der Waals surface area (Å²) in [6, 6.07) is 11.7. The highest BCUT2D eigenvalue weighted by Gasteiger charge is 2.18. The summed E-state index contributed by atoms with van der Waals surface area (Å²) in [6.45, 7) is 2.19. The summed E-state index contributed by atoms with van der Waals surface area (Å²) in [4.78, 5) is 7.70. The summed E-state index contributed by atoms with van der Waals surface area (Å²) in [7, 11) is 1.57. The van der Waals surface area contributed by atoms with Crippen LogP contribution in [0.5, 0.6) is 17.2 Å². The molecule has 1 aliphatic heterocycles. The summed E-state index contributed by atoms with van der Waals surface area (Å²) in [5, 5.41) is 9.60. The molecule has 0 bridgehead atoms. The van der Waals surface area contributed by atoms with Crippen molar-refractivity contribution in [2.45, 2.75) is 6.92 Å². The first-order valence-electron chi connectivity index (χ1n) is 7.74. The van der Waals surface area contributed by atoms with Gasteiger partial charge in [-0.2, -0.15) is 5.26 Å². The molecule has 2 aromatic carbocycles. The molecule has 1 aromatic heterocycles. The van der Waals surface area contributed by atoms with Gasteiger partial charge in [-0.15, -0.1) is 0 Å². The minimum atomic E-state index is 0.180. The van der Waals surface area contributed by atoms with E-state index >= 15 is 0 Å². The van der Waals surface area contributed by atoms with Gasteiger partial charge in [0, 0.05) is 11.6 Å². The Hall–Kier alpha value is -3.46. The summed E-state index contributed by atoms with van der Waals surface area (Å²) in [6.07, 6.45) is 1.73. The number of ether oxygens (including phenoxy) is 3. The molecule has 6 nitrogen and oxygen atoms in total. The number of aromatic nitrogens is 2. The van der Waals surface area contributed by atoms with E-state index < -0.39 is 0 Å².